The van der Waals surface area contributed by atoms with Crippen LogP contribution in [-0.4, -0.2) is 44.8 Å². The molecule has 1 saturated heterocycles. The van der Waals surface area contributed by atoms with Crippen LogP contribution >= 0.6 is 0 Å². The highest BCUT2D eigenvalue weighted by Gasteiger charge is 2.71. The number of ether oxygens (including phenoxy) is 1. The number of hydrogen-bond acceptors (Lipinski definition) is 4. The molecule has 5 aliphatic rings. The highest BCUT2D eigenvalue weighted by Crippen LogP contribution is 2.76. The second-order valence-electron chi connectivity index (χ2n) is 15.4. The van der Waals surface area contributed by atoms with Gasteiger partial charge in [-0.25, -0.2) is 0 Å². The highest BCUT2D eigenvalue weighted by molar-refractivity contribution is 5.20. The van der Waals surface area contributed by atoms with Crippen LogP contribution in [0.1, 0.15) is 113 Å². The summed E-state index contributed by atoms with van der Waals surface area (Å²) in [7, 11) is 0. The van der Waals surface area contributed by atoms with Gasteiger partial charge in [-0.15, -0.1) is 0 Å². The van der Waals surface area contributed by atoms with E-state index in [0.29, 0.717) is 17.8 Å². The monoisotopic (exact) mass is 476 g/mol. The molecule has 4 nitrogen and oxygen atoms in total. The molecule has 0 radical (unpaired) electrons. The van der Waals surface area contributed by atoms with Crippen molar-refractivity contribution < 1.29 is 20.1 Å². The van der Waals surface area contributed by atoms with E-state index in [0.717, 1.165) is 44.9 Å². The predicted molar refractivity (Wildman–Crippen MR) is 135 cm³/mol. The minimum Gasteiger partial charge on any atom is -0.393 e. The Morgan fingerprint density at radius 1 is 0.765 bits per heavy atom. The average molecular weight is 477 g/mol. The normalized spacial score (nSPS) is 57.1. The molecule has 34 heavy (non-hydrogen) atoms. The van der Waals surface area contributed by atoms with Gasteiger partial charge in [0.1, 0.15) is 0 Å². The lowest BCUT2D eigenvalue weighted by molar-refractivity contribution is -0.248. The summed E-state index contributed by atoms with van der Waals surface area (Å²) in [6, 6.07) is 0. The smallest absolute Gasteiger partial charge is 0.0865 e. The summed E-state index contributed by atoms with van der Waals surface area (Å²) in [4.78, 5) is 0. The van der Waals surface area contributed by atoms with Crippen LogP contribution < -0.4 is 0 Å². The largest absolute Gasteiger partial charge is 0.393 e. The van der Waals surface area contributed by atoms with Crippen LogP contribution in [0.2, 0.25) is 0 Å². The second kappa shape index (κ2) is 7.45. The Labute approximate surface area is 208 Å². The standard InChI is InChI=1S/C30H52O4/c1-25(2)20-10-15-28(6)21(27(20,5)13-11-22(25)32)17-19(31)24-18(9-14-29(24,28)7)30(8)16-12-23(34-30)26(3,4)33/h18-24,31-33H,9-17H2,1-8H3/t18?,19-,20?,21?,22-,23?,24?,27-,28+,29-,30-/m0/s1. The molecule has 0 aromatic heterocycles. The molecule has 4 heteroatoms. The summed E-state index contributed by atoms with van der Waals surface area (Å²) in [5, 5.41) is 33.4. The third-order valence-electron chi connectivity index (χ3n) is 13.3. The van der Waals surface area contributed by atoms with Crippen molar-refractivity contribution in [1.82, 2.24) is 0 Å². The molecular formula is C30H52O4. The van der Waals surface area contributed by atoms with E-state index in [-0.39, 0.29) is 51.5 Å². The van der Waals surface area contributed by atoms with Gasteiger partial charge in [-0.3, -0.25) is 0 Å². The molecular weight excluding hydrogens is 424 g/mol. The molecule has 5 unspecified atom stereocenters. The molecule has 1 heterocycles. The molecule has 4 aliphatic carbocycles. The zero-order valence-corrected chi connectivity index (χ0v) is 23.2. The van der Waals surface area contributed by atoms with Gasteiger partial charge < -0.3 is 20.1 Å². The van der Waals surface area contributed by atoms with Crippen molar-refractivity contribution in [2.75, 3.05) is 0 Å². The zero-order chi connectivity index (χ0) is 25.1. The molecule has 4 saturated carbocycles. The Kier molecular flexibility index (Phi) is 5.59. The first-order valence-corrected chi connectivity index (χ1v) is 14.3. The number of aliphatic hydroxyl groups excluding tert-OH is 2. The quantitative estimate of drug-likeness (QED) is 0.477. The summed E-state index contributed by atoms with van der Waals surface area (Å²) in [5.74, 6) is 1.59. The van der Waals surface area contributed by atoms with Crippen molar-refractivity contribution in [2.24, 2.45) is 45.3 Å². The van der Waals surface area contributed by atoms with Gasteiger partial charge in [-0.1, -0.05) is 34.6 Å². The summed E-state index contributed by atoms with van der Waals surface area (Å²) in [6.45, 7) is 18.1. The average Bonchev–Trinajstić information content (AvgIpc) is 3.30. The second-order valence-corrected chi connectivity index (χ2v) is 15.4. The number of fused-ring (bicyclic) bond motifs is 5. The van der Waals surface area contributed by atoms with Crippen molar-refractivity contribution in [3.63, 3.8) is 0 Å². The van der Waals surface area contributed by atoms with E-state index in [1.807, 2.05) is 13.8 Å². The molecule has 11 atom stereocenters. The fraction of sp³-hybridized carbons (Fsp3) is 1.00. The molecule has 3 N–H and O–H groups in total. The molecule has 0 amide bonds. The number of rotatable bonds is 2. The van der Waals surface area contributed by atoms with E-state index < -0.39 is 5.60 Å². The molecule has 5 fully saturated rings. The van der Waals surface area contributed by atoms with Crippen LogP contribution in [0, 0.1) is 45.3 Å². The first-order valence-electron chi connectivity index (χ1n) is 14.3. The van der Waals surface area contributed by atoms with Crippen molar-refractivity contribution in [2.45, 2.75) is 143 Å². The topological polar surface area (TPSA) is 69.9 Å². The van der Waals surface area contributed by atoms with Crippen molar-refractivity contribution in [3.05, 3.63) is 0 Å². The van der Waals surface area contributed by atoms with Gasteiger partial charge in [0.25, 0.3) is 0 Å². The molecule has 0 bridgehead atoms. The van der Waals surface area contributed by atoms with Gasteiger partial charge in [0.05, 0.1) is 29.5 Å². The Balaban J connectivity index is 1.48. The van der Waals surface area contributed by atoms with E-state index in [1.54, 1.807) is 0 Å². The maximum Gasteiger partial charge on any atom is 0.0865 e. The number of aliphatic hydroxyl groups is 3. The molecule has 0 spiro atoms. The molecule has 5 rings (SSSR count). The van der Waals surface area contributed by atoms with Gasteiger partial charge >= 0.3 is 0 Å². The van der Waals surface area contributed by atoms with Gasteiger partial charge in [0.2, 0.25) is 0 Å². The van der Waals surface area contributed by atoms with E-state index in [4.69, 9.17) is 4.74 Å². The minimum atomic E-state index is -0.826. The van der Waals surface area contributed by atoms with E-state index in [1.165, 1.54) is 12.8 Å². The van der Waals surface area contributed by atoms with Gasteiger partial charge in [0.15, 0.2) is 0 Å². The third kappa shape index (κ3) is 3.16. The van der Waals surface area contributed by atoms with E-state index >= 15 is 0 Å². The summed E-state index contributed by atoms with van der Waals surface area (Å²) in [5.41, 5.74) is -0.703. The molecule has 0 aromatic carbocycles. The number of hydrogen-bond donors (Lipinski definition) is 3. The van der Waals surface area contributed by atoms with Gasteiger partial charge in [-0.2, -0.15) is 0 Å². The van der Waals surface area contributed by atoms with Crippen LogP contribution in [0.5, 0.6) is 0 Å². The van der Waals surface area contributed by atoms with Crippen molar-refractivity contribution in [3.8, 4) is 0 Å². The zero-order valence-electron chi connectivity index (χ0n) is 23.2. The Morgan fingerprint density at radius 3 is 2.03 bits per heavy atom. The van der Waals surface area contributed by atoms with E-state index in [2.05, 4.69) is 41.5 Å². The summed E-state index contributed by atoms with van der Waals surface area (Å²) in [6.07, 6.45) is 8.72. The van der Waals surface area contributed by atoms with Gasteiger partial charge in [0, 0.05) is 0 Å². The summed E-state index contributed by atoms with van der Waals surface area (Å²) < 4.78 is 6.66. The van der Waals surface area contributed by atoms with Crippen LogP contribution in [-0.2, 0) is 4.74 Å². The Hall–Kier alpha value is -0.160. The Bertz CT molecular complexity index is 817. The third-order valence-corrected chi connectivity index (χ3v) is 13.3. The minimum absolute atomic E-state index is 0.0630. The first kappa shape index (κ1) is 25.5. The lowest BCUT2D eigenvalue weighted by atomic mass is 9.35. The SMILES string of the molecule is CC(C)(O)C1CC[C@@](C)(C2CC[C@@]3(C)C2[C@@H](O)CC2[C@@]4(C)CC[C@H](O)C(C)(C)C4CC[C@]23C)O1. The van der Waals surface area contributed by atoms with Crippen LogP contribution in [0.15, 0.2) is 0 Å². The van der Waals surface area contributed by atoms with Gasteiger partial charge in [-0.05, 0) is 124 Å². The molecule has 196 valence electrons. The Morgan fingerprint density at radius 2 is 1.41 bits per heavy atom. The lowest BCUT2D eigenvalue weighted by Gasteiger charge is -2.70. The lowest BCUT2D eigenvalue weighted by Crippen LogP contribution is -2.66. The van der Waals surface area contributed by atoms with Crippen LogP contribution in [0.3, 0.4) is 0 Å². The van der Waals surface area contributed by atoms with Crippen molar-refractivity contribution >= 4 is 0 Å². The fourth-order valence-corrected chi connectivity index (χ4v) is 11.1. The van der Waals surface area contributed by atoms with Crippen LogP contribution in [0.4, 0.5) is 0 Å². The highest BCUT2D eigenvalue weighted by atomic mass is 16.5. The maximum atomic E-state index is 11.9. The van der Waals surface area contributed by atoms with E-state index in [9.17, 15) is 15.3 Å². The predicted octanol–water partition coefficient (Wildman–Crippen LogP) is 5.71. The van der Waals surface area contributed by atoms with Crippen molar-refractivity contribution in [1.29, 1.82) is 0 Å². The molecule has 1 aliphatic heterocycles. The maximum absolute atomic E-state index is 11.9. The van der Waals surface area contributed by atoms with Crippen LogP contribution in [0.25, 0.3) is 0 Å². The fourth-order valence-electron chi connectivity index (χ4n) is 11.1. The first-order chi connectivity index (χ1) is 15.5. The molecule has 0 aromatic rings. The summed E-state index contributed by atoms with van der Waals surface area (Å²) >= 11 is 0.